The second kappa shape index (κ2) is 3.96. The molecule has 0 bridgehead atoms. The maximum atomic E-state index is 5.36. The molecule has 1 saturated heterocycles. The number of hydrogen-bond donors (Lipinski definition) is 0. The average molecular weight is 233 g/mol. The number of anilines is 1. The molecule has 0 atom stereocenters. The summed E-state index contributed by atoms with van der Waals surface area (Å²) in [7, 11) is 1.93. The summed E-state index contributed by atoms with van der Waals surface area (Å²) in [5.74, 6) is 0.960. The molecule has 2 aromatic heterocycles. The normalized spacial score (nSPS) is 16.7. The Morgan fingerprint density at radius 1 is 1.24 bits per heavy atom. The fraction of sp³-hybridized carbons (Fsp3) is 0.545. The molecule has 1 aliphatic heterocycles. The van der Waals surface area contributed by atoms with Gasteiger partial charge in [0.25, 0.3) is 0 Å². The van der Waals surface area contributed by atoms with E-state index in [1.807, 2.05) is 18.7 Å². The Balaban J connectivity index is 2.15. The van der Waals surface area contributed by atoms with Gasteiger partial charge in [0.05, 0.1) is 18.9 Å². The van der Waals surface area contributed by atoms with Crippen LogP contribution in [0.2, 0.25) is 0 Å². The van der Waals surface area contributed by atoms with Crippen molar-refractivity contribution in [2.75, 3.05) is 31.2 Å². The van der Waals surface area contributed by atoms with Crippen LogP contribution >= 0.6 is 0 Å². The third-order valence-corrected chi connectivity index (χ3v) is 3.08. The first-order valence-electron chi connectivity index (χ1n) is 5.74. The number of fused-ring (bicyclic) bond motifs is 1. The highest BCUT2D eigenvalue weighted by Crippen LogP contribution is 2.24. The molecule has 6 nitrogen and oxygen atoms in total. The monoisotopic (exact) mass is 233 g/mol. The van der Waals surface area contributed by atoms with E-state index >= 15 is 0 Å². The Morgan fingerprint density at radius 3 is 2.76 bits per heavy atom. The molecule has 0 aromatic carbocycles. The van der Waals surface area contributed by atoms with Crippen molar-refractivity contribution in [3.8, 4) is 0 Å². The fourth-order valence-electron chi connectivity index (χ4n) is 2.26. The van der Waals surface area contributed by atoms with Crippen molar-refractivity contribution in [3.05, 3.63) is 12.0 Å². The van der Waals surface area contributed by atoms with Gasteiger partial charge in [0, 0.05) is 20.1 Å². The summed E-state index contributed by atoms with van der Waals surface area (Å²) < 4.78 is 7.22. The summed E-state index contributed by atoms with van der Waals surface area (Å²) in [4.78, 5) is 10.9. The molecule has 0 N–H and O–H groups in total. The molecular formula is C11H15N5O. The average Bonchev–Trinajstić information content (AvgIpc) is 2.66. The minimum atomic E-state index is 0.752. The number of morpholine rings is 1. The smallest absolute Gasteiger partial charge is 0.158 e. The molecule has 2 aromatic rings. The second-order valence-corrected chi connectivity index (χ2v) is 4.20. The van der Waals surface area contributed by atoms with E-state index in [9.17, 15) is 0 Å². The van der Waals surface area contributed by atoms with E-state index in [2.05, 4.69) is 20.0 Å². The van der Waals surface area contributed by atoms with E-state index in [0.717, 1.165) is 48.8 Å². The van der Waals surface area contributed by atoms with E-state index in [1.54, 1.807) is 6.33 Å². The summed E-state index contributed by atoms with van der Waals surface area (Å²) in [5, 5.41) is 4.40. The Hall–Kier alpha value is -1.69. The lowest BCUT2D eigenvalue weighted by atomic mass is 10.3. The van der Waals surface area contributed by atoms with Crippen LogP contribution < -0.4 is 4.90 Å². The Kier molecular flexibility index (Phi) is 2.44. The SMILES string of the molecule is Cc1nn(C)c2c(N3CCOCC3)ncnc12. The van der Waals surface area contributed by atoms with Gasteiger partial charge in [-0.1, -0.05) is 0 Å². The lowest BCUT2D eigenvalue weighted by Gasteiger charge is -2.28. The Bertz CT molecular complexity index is 544. The summed E-state index contributed by atoms with van der Waals surface area (Å²) in [6, 6.07) is 0. The zero-order valence-electron chi connectivity index (χ0n) is 10.1. The molecule has 3 heterocycles. The summed E-state index contributed by atoms with van der Waals surface area (Å²) >= 11 is 0. The molecule has 6 heteroatoms. The van der Waals surface area contributed by atoms with Gasteiger partial charge in [-0.05, 0) is 6.92 Å². The molecule has 0 spiro atoms. The molecule has 0 amide bonds. The molecule has 90 valence electrons. The molecule has 0 saturated carbocycles. The van der Waals surface area contributed by atoms with Crippen LogP contribution in [0.4, 0.5) is 5.82 Å². The first-order chi connectivity index (χ1) is 8.27. The minimum Gasteiger partial charge on any atom is -0.378 e. The molecule has 0 aliphatic carbocycles. The van der Waals surface area contributed by atoms with Crippen molar-refractivity contribution in [2.24, 2.45) is 7.05 Å². The summed E-state index contributed by atoms with van der Waals surface area (Å²) in [6.45, 7) is 5.22. The van der Waals surface area contributed by atoms with Gasteiger partial charge in [-0.15, -0.1) is 0 Å². The van der Waals surface area contributed by atoms with Crippen molar-refractivity contribution in [1.29, 1.82) is 0 Å². The molecule has 3 rings (SSSR count). The number of hydrogen-bond acceptors (Lipinski definition) is 5. The number of ether oxygens (including phenoxy) is 1. The van der Waals surface area contributed by atoms with E-state index in [-0.39, 0.29) is 0 Å². The van der Waals surface area contributed by atoms with Crippen LogP contribution in [-0.2, 0) is 11.8 Å². The van der Waals surface area contributed by atoms with Crippen molar-refractivity contribution in [1.82, 2.24) is 19.7 Å². The zero-order valence-corrected chi connectivity index (χ0v) is 10.1. The molecule has 1 fully saturated rings. The van der Waals surface area contributed by atoms with Crippen LogP contribution in [0.15, 0.2) is 6.33 Å². The second-order valence-electron chi connectivity index (χ2n) is 4.20. The lowest BCUT2D eigenvalue weighted by molar-refractivity contribution is 0.122. The quantitative estimate of drug-likeness (QED) is 0.718. The van der Waals surface area contributed by atoms with Crippen LogP contribution in [-0.4, -0.2) is 46.1 Å². The highest BCUT2D eigenvalue weighted by atomic mass is 16.5. The van der Waals surface area contributed by atoms with Crippen LogP contribution in [0.3, 0.4) is 0 Å². The predicted octanol–water partition coefficient (Wildman–Crippen LogP) is 0.508. The van der Waals surface area contributed by atoms with Crippen LogP contribution in [0, 0.1) is 6.92 Å². The minimum absolute atomic E-state index is 0.752. The lowest BCUT2D eigenvalue weighted by Crippen LogP contribution is -2.37. The van der Waals surface area contributed by atoms with Gasteiger partial charge in [0.15, 0.2) is 5.82 Å². The van der Waals surface area contributed by atoms with Gasteiger partial charge in [0.1, 0.15) is 17.4 Å². The van der Waals surface area contributed by atoms with E-state index < -0.39 is 0 Å². The Labute approximate surface area is 99.2 Å². The highest BCUT2D eigenvalue weighted by molar-refractivity contribution is 5.87. The first-order valence-corrected chi connectivity index (χ1v) is 5.74. The highest BCUT2D eigenvalue weighted by Gasteiger charge is 2.19. The predicted molar refractivity (Wildman–Crippen MR) is 64.1 cm³/mol. The van der Waals surface area contributed by atoms with Gasteiger partial charge in [-0.3, -0.25) is 4.68 Å². The summed E-state index contributed by atoms with van der Waals surface area (Å²) in [5.41, 5.74) is 2.88. The van der Waals surface area contributed by atoms with Crippen LogP contribution in [0.5, 0.6) is 0 Å². The van der Waals surface area contributed by atoms with Crippen LogP contribution in [0.1, 0.15) is 5.69 Å². The van der Waals surface area contributed by atoms with Crippen molar-refractivity contribution in [2.45, 2.75) is 6.92 Å². The van der Waals surface area contributed by atoms with Crippen molar-refractivity contribution >= 4 is 16.9 Å². The third kappa shape index (κ3) is 1.64. The third-order valence-electron chi connectivity index (χ3n) is 3.08. The van der Waals surface area contributed by atoms with Gasteiger partial charge in [-0.25, -0.2) is 9.97 Å². The number of aromatic nitrogens is 4. The molecule has 0 unspecified atom stereocenters. The van der Waals surface area contributed by atoms with Gasteiger partial charge < -0.3 is 9.64 Å². The van der Waals surface area contributed by atoms with Crippen LogP contribution in [0.25, 0.3) is 11.0 Å². The maximum absolute atomic E-state index is 5.36. The van der Waals surface area contributed by atoms with Gasteiger partial charge in [0.2, 0.25) is 0 Å². The topological polar surface area (TPSA) is 56.1 Å². The zero-order chi connectivity index (χ0) is 11.8. The summed E-state index contributed by atoms with van der Waals surface area (Å²) in [6.07, 6.45) is 1.61. The number of aryl methyl sites for hydroxylation is 2. The number of rotatable bonds is 1. The van der Waals surface area contributed by atoms with E-state index in [0.29, 0.717) is 0 Å². The standard InChI is InChI=1S/C11H15N5O/c1-8-9-10(15(2)14-8)11(13-7-12-9)16-3-5-17-6-4-16/h7H,3-6H2,1-2H3. The largest absolute Gasteiger partial charge is 0.378 e. The van der Waals surface area contributed by atoms with Gasteiger partial charge in [-0.2, -0.15) is 5.10 Å². The molecular weight excluding hydrogens is 218 g/mol. The Morgan fingerprint density at radius 2 is 2.00 bits per heavy atom. The molecule has 0 radical (unpaired) electrons. The van der Waals surface area contributed by atoms with Gasteiger partial charge >= 0.3 is 0 Å². The van der Waals surface area contributed by atoms with Crippen molar-refractivity contribution < 1.29 is 4.74 Å². The number of nitrogens with zero attached hydrogens (tertiary/aromatic N) is 5. The van der Waals surface area contributed by atoms with E-state index in [1.165, 1.54) is 0 Å². The fourth-order valence-corrected chi connectivity index (χ4v) is 2.26. The molecule has 1 aliphatic rings. The molecule has 17 heavy (non-hydrogen) atoms. The van der Waals surface area contributed by atoms with E-state index in [4.69, 9.17) is 4.74 Å². The van der Waals surface area contributed by atoms with Crippen molar-refractivity contribution in [3.63, 3.8) is 0 Å². The maximum Gasteiger partial charge on any atom is 0.158 e. The first kappa shape index (κ1) is 10.5.